The molecule has 1 rings (SSSR count). The fourth-order valence-corrected chi connectivity index (χ4v) is 1.45. The molecule has 0 radical (unpaired) electrons. The van der Waals surface area contributed by atoms with Gasteiger partial charge in [0.05, 0.1) is 0 Å². The van der Waals surface area contributed by atoms with Crippen LogP contribution < -0.4 is 0 Å². The monoisotopic (exact) mass is 176 g/mol. The zero-order valence-electron chi connectivity index (χ0n) is 8.46. The molecule has 0 bridgehead atoms. The van der Waals surface area contributed by atoms with E-state index < -0.39 is 0 Å². The van der Waals surface area contributed by atoms with Gasteiger partial charge in [-0.25, -0.2) is 0 Å². The number of aromatic hydroxyl groups is 1. The normalized spacial score (nSPS) is 10.5. The lowest BCUT2D eigenvalue weighted by atomic mass is 9.96. The molecule has 0 saturated carbocycles. The Hall–Kier alpha value is -1.24. The maximum absolute atomic E-state index is 9.87. The summed E-state index contributed by atoms with van der Waals surface area (Å²) in [6.07, 6.45) is 1.70. The zero-order chi connectivity index (χ0) is 10.0. The van der Waals surface area contributed by atoms with Crippen LogP contribution >= 0.6 is 0 Å². The zero-order valence-corrected chi connectivity index (χ0v) is 8.46. The van der Waals surface area contributed by atoms with Gasteiger partial charge in [-0.2, -0.15) is 0 Å². The lowest BCUT2D eigenvalue weighted by Gasteiger charge is -2.12. The van der Waals surface area contributed by atoms with Gasteiger partial charge >= 0.3 is 0 Å². The number of benzene rings is 1. The Labute approximate surface area is 79.7 Å². The van der Waals surface area contributed by atoms with Crippen LogP contribution in [0, 0.1) is 6.92 Å². The van der Waals surface area contributed by atoms with Crippen LogP contribution in [-0.2, 0) is 0 Å². The third kappa shape index (κ3) is 1.74. The van der Waals surface area contributed by atoms with Gasteiger partial charge < -0.3 is 5.11 Å². The fraction of sp³-hybridized carbons (Fsp3) is 0.333. The van der Waals surface area contributed by atoms with Crippen molar-refractivity contribution in [1.82, 2.24) is 0 Å². The minimum absolute atomic E-state index is 0.347. The molecule has 1 aromatic rings. The molecule has 1 N–H and O–H groups in total. The van der Waals surface area contributed by atoms with E-state index in [1.165, 1.54) is 0 Å². The number of phenolic OH excluding ortho intramolecular Hbond substituents is 1. The molecule has 1 nitrogen and oxygen atoms in total. The van der Waals surface area contributed by atoms with Crippen LogP contribution in [0.2, 0.25) is 0 Å². The molecule has 0 heterocycles. The molecule has 0 atom stereocenters. The summed E-state index contributed by atoms with van der Waals surface area (Å²) in [5, 5.41) is 9.87. The second-order valence-corrected chi connectivity index (χ2v) is 3.59. The molecule has 0 aliphatic rings. The number of phenols is 1. The van der Waals surface area contributed by atoms with Crippen molar-refractivity contribution >= 4 is 6.08 Å². The molecule has 0 aliphatic heterocycles. The number of rotatable bonds is 2. The van der Waals surface area contributed by atoms with E-state index in [-0.39, 0.29) is 0 Å². The SMILES string of the molecule is C=Cc1c(C)ccc(C(C)C)c1O. The first-order chi connectivity index (χ1) is 6.07. The van der Waals surface area contributed by atoms with Crippen molar-refractivity contribution in [2.75, 3.05) is 0 Å². The van der Waals surface area contributed by atoms with Gasteiger partial charge in [-0.3, -0.25) is 0 Å². The van der Waals surface area contributed by atoms with Crippen molar-refractivity contribution in [3.63, 3.8) is 0 Å². The Bertz CT molecular complexity index is 324. The van der Waals surface area contributed by atoms with Crippen molar-refractivity contribution < 1.29 is 5.11 Å². The topological polar surface area (TPSA) is 20.2 Å². The Morgan fingerprint density at radius 3 is 2.46 bits per heavy atom. The average Bonchev–Trinajstić information content (AvgIpc) is 2.04. The summed E-state index contributed by atoms with van der Waals surface area (Å²) in [4.78, 5) is 0. The summed E-state index contributed by atoms with van der Waals surface area (Å²) in [7, 11) is 0. The van der Waals surface area contributed by atoms with Crippen LogP contribution in [0.5, 0.6) is 5.75 Å². The first-order valence-electron chi connectivity index (χ1n) is 4.52. The van der Waals surface area contributed by atoms with Gasteiger partial charge in [0.1, 0.15) is 5.75 Å². The summed E-state index contributed by atoms with van der Waals surface area (Å²) in [6.45, 7) is 9.80. The number of hydrogen-bond donors (Lipinski definition) is 1. The highest BCUT2D eigenvalue weighted by Gasteiger charge is 2.09. The van der Waals surface area contributed by atoms with E-state index in [9.17, 15) is 5.11 Å². The minimum Gasteiger partial charge on any atom is -0.507 e. The predicted molar refractivity (Wildman–Crippen MR) is 57.0 cm³/mol. The van der Waals surface area contributed by atoms with Crippen LogP contribution in [0.4, 0.5) is 0 Å². The first-order valence-corrected chi connectivity index (χ1v) is 4.52. The highest BCUT2D eigenvalue weighted by atomic mass is 16.3. The van der Waals surface area contributed by atoms with Crippen molar-refractivity contribution in [2.24, 2.45) is 0 Å². The standard InChI is InChI=1S/C12H16O/c1-5-10-9(4)6-7-11(8(2)3)12(10)13/h5-8,13H,1H2,2-4H3. The first kappa shape index (κ1) is 9.85. The number of aryl methyl sites for hydroxylation is 1. The Morgan fingerprint density at radius 1 is 1.38 bits per heavy atom. The van der Waals surface area contributed by atoms with Gasteiger partial charge in [-0.1, -0.05) is 38.6 Å². The smallest absolute Gasteiger partial charge is 0.126 e. The third-order valence-corrected chi connectivity index (χ3v) is 2.29. The maximum Gasteiger partial charge on any atom is 0.126 e. The van der Waals surface area contributed by atoms with E-state index in [2.05, 4.69) is 20.4 Å². The molecular formula is C12H16O. The lowest BCUT2D eigenvalue weighted by Crippen LogP contribution is -1.92. The van der Waals surface area contributed by atoms with Crippen molar-refractivity contribution in [3.8, 4) is 5.75 Å². The Kier molecular flexibility index (Phi) is 2.76. The molecule has 1 aromatic carbocycles. The molecule has 70 valence electrons. The van der Waals surface area contributed by atoms with Gasteiger partial charge in [-0.05, 0) is 24.0 Å². The summed E-state index contributed by atoms with van der Waals surface area (Å²) in [6, 6.07) is 3.99. The van der Waals surface area contributed by atoms with Gasteiger partial charge in [0, 0.05) is 5.56 Å². The number of hydrogen-bond acceptors (Lipinski definition) is 1. The lowest BCUT2D eigenvalue weighted by molar-refractivity contribution is 0.463. The van der Waals surface area contributed by atoms with E-state index in [4.69, 9.17) is 0 Å². The maximum atomic E-state index is 9.87. The van der Waals surface area contributed by atoms with E-state index in [1.54, 1.807) is 6.08 Å². The minimum atomic E-state index is 0.347. The van der Waals surface area contributed by atoms with Crippen LogP contribution in [0.15, 0.2) is 18.7 Å². The van der Waals surface area contributed by atoms with Crippen molar-refractivity contribution in [3.05, 3.63) is 35.4 Å². The molecule has 0 unspecified atom stereocenters. The predicted octanol–water partition coefficient (Wildman–Crippen LogP) is 3.47. The second-order valence-electron chi connectivity index (χ2n) is 3.59. The van der Waals surface area contributed by atoms with E-state index in [0.29, 0.717) is 11.7 Å². The molecule has 13 heavy (non-hydrogen) atoms. The Morgan fingerprint density at radius 2 is 2.00 bits per heavy atom. The summed E-state index contributed by atoms with van der Waals surface area (Å²) in [5.74, 6) is 0.726. The van der Waals surface area contributed by atoms with E-state index in [0.717, 1.165) is 16.7 Å². The molecule has 0 saturated heterocycles. The highest BCUT2D eigenvalue weighted by Crippen LogP contribution is 2.31. The van der Waals surface area contributed by atoms with E-state index in [1.807, 2.05) is 19.1 Å². The molecule has 1 heteroatoms. The average molecular weight is 176 g/mol. The van der Waals surface area contributed by atoms with Gasteiger partial charge in [-0.15, -0.1) is 0 Å². The molecule has 0 spiro atoms. The second kappa shape index (κ2) is 3.65. The van der Waals surface area contributed by atoms with Crippen molar-refractivity contribution in [2.45, 2.75) is 26.7 Å². The molecule has 0 amide bonds. The van der Waals surface area contributed by atoms with Gasteiger partial charge in [0.25, 0.3) is 0 Å². The van der Waals surface area contributed by atoms with Crippen LogP contribution in [-0.4, -0.2) is 5.11 Å². The Balaban J connectivity index is 3.35. The molecule has 0 aliphatic carbocycles. The quantitative estimate of drug-likeness (QED) is 0.731. The third-order valence-electron chi connectivity index (χ3n) is 2.29. The largest absolute Gasteiger partial charge is 0.507 e. The highest BCUT2D eigenvalue weighted by molar-refractivity contribution is 5.62. The summed E-state index contributed by atoms with van der Waals surface area (Å²) >= 11 is 0. The van der Waals surface area contributed by atoms with Crippen LogP contribution in [0.25, 0.3) is 6.08 Å². The molecular weight excluding hydrogens is 160 g/mol. The van der Waals surface area contributed by atoms with E-state index >= 15 is 0 Å². The summed E-state index contributed by atoms with van der Waals surface area (Å²) in [5.41, 5.74) is 2.91. The van der Waals surface area contributed by atoms with Crippen LogP contribution in [0.1, 0.15) is 36.5 Å². The van der Waals surface area contributed by atoms with Crippen molar-refractivity contribution in [1.29, 1.82) is 0 Å². The molecule has 0 fully saturated rings. The van der Waals surface area contributed by atoms with Gasteiger partial charge in [0.2, 0.25) is 0 Å². The fourth-order valence-electron chi connectivity index (χ4n) is 1.45. The molecule has 0 aromatic heterocycles. The van der Waals surface area contributed by atoms with Crippen LogP contribution in [0.3, 0.4) is 0 Å². The summed E-state index contributed by atoms with van der Waals surface area (Å²) < 4.78 is 0. The van der Waals surface area contributed by atoms with Gasteiger partial charge in [0.15, 0.2) is 0 Å².